The summed E-state index contributed by atoms with van der Waals surface area (Å²) in [6.07, 6.45) is 0. The van der Waals surface area contributed by atoms with Crippen molar-refractivity contribution in [2.75, 3.05) is 19.0 Å². The molecule has 2 aromatic carbocycles. The second kappa shape index (κ2) is 9.84. The summed E-state index contributed by atoms with van der Waals surface area (Å²) in [6, 6.07) is 15.7. The Balaban J connectivity index is 1.51. The number of anilines is 1. The zero-order valence-electron chi connectivity index (χ0n) is 16.5. The van der Waals surface area contributed by atoms with Gasteiger partial charge in [0, 0.05) is 5.02 Å². The molecule has 8 heteroatoms. The fourth-order valence-corrected chi connectivity index (χ4v) is 2.84. The first-order valence-electron chi connectivity index (χ1n) is 9.15. The molecule has 0 radical (unpaired) electrons. The summed E-state index contributed by atoms with van der Waals surface area (Å²) in [5.41, 5.74) is 1.42. The van der Waals surface area contributed by atoms with Crippen molar-refractivity contribution in [3.05, 3.63) is 76.7 Å². The zero-order valence-corrected chi connectivity index (χ0v) is 17.3. The summed E-state index contributed by atoms with van der Waals surface area (Å²) < 4.78 is 16.4. The number of furan rings is 1. The standard InChI is InChI=1S/C22H21ClN2O5/c1-14-5-3-4-6-18(14)29-13-16-8-10-20(30-16)22(27)24-12-21(26)25-17-11-15(23)7-9-19(17)28-2/h3-11H,12-13H2,1-2H3,(H,24,27)(H,25,26). The Labute approximate surface area is 178 Å². The number of methoxy groups -OCH3 is 1. The summed E-state index contributed by atoms with van der Waals surface area (Å²) in [7, 11) is 1.48. The number of para-hydroxylation sites is 1. The quantitative estimate of drug-likeness (QED) is 0.561. The molecular formula is C22H21ClN2O5. The maximum Gasteiger partial charge on any atom is 0.287 e. The van der Waals surface area contributed by atoms with Crippen LogP contribution >= 0.6 is 11.6 Å². The maximum absolute atomic E-state index is 12.2. The van der Waals surface area contributed by atoms with Crippen LogP contribution in [0, 0.1) is 6.92 Å². The largest absolute Gasteiger partial charge is 0.495 e. The summed E-state index contributed by atoms with van der Waals surface area (Å²) in [4.78, 5) is 24.4. The minimum absolute atomic E-state index is 0.0894. The molecule has 0 saturated carbocycles. The van der Waals surface area contributed by atoms with Crippen LogP contribution < -0.4 is 20.1 Å². The van der Waals surface area contributed by atoms with Gasteiger partial charge in [0.15, 0.2) is 5.76 Å². The molecule has 0 aliphatic carbocycles. The molecule has 0 spiro atoms. The van der Waals surface area contributed by atoms with Gasteiger partial charge in [0.05, 0.1) is 19.3 Å². The highest BCUT2D eigenvalue weighted by molar-refractivity contribution is 6.31. The molecule has 1 heterocycles. The molecule has 3 aromatic rings. The molecule has 0 saturated heterocycles. The van der Waals surface area contributed by atoms with Gasteiger partial charge < -0.3 is 24.5 Å². The van der Waals surface area contributed by atoms with Crippen molar-refractivity contribution in [1.82, 2.24) is 5.32 Å². The van der Waals surface area contributed by atoms with Gasteiger partial charge in [-0.3, -0.25) is 9.59 Å². The first-order chi connectivity index (χ1) is 14.5. The van der Waals surface area contributed by atoms with Crippen molar-refractivity contribution < 1.29 is 23.5 Å². The zero-order chi connectivity index (χ0) is 21.5. The number of benzene rings is 2. The van der Waals surface area contributed by atoms with E-state index in [1.54, 1.807) is 24.3 Å². The van der Waals surface area contributed by atoms with Crippen LogP contribution in [0.4, 0.5) is 5.69 Å². The Morgan fingerprint density at radius 1 is 1.07 bits per heavy atom. The second-order valence-electron chi connectivity index (χ2n) is 6.40. The van der Waals surface area contributed by atoms with Crippen molar-refractivity contribution in [2.45, 2.75) is 13.5 Å². The predicted molar refractivity (Wildman–Crippen MR) is 113 cm³/mol. The highest BCUT2D eigenvalue weighted by Gasteiger charge is 2.14. The van der Waals surface area contributed by atoms with Gasteiger partial charge in [-0.1, -0.05) is 29.8 Å². The van der Waals surface area contributed by atoms with Crippen LogP contribution in [0.15, 0.2) is 59.0 Å². The molecule has 156 valence electrons. The molecule has 0 aliphatic rings. The molecule has 1 aromatic heterocycles. The number of amides is 2. The van der Waals surface area contributed by atoms with E-state index < -0.39 is 11.8 Å². The van der Waals surface area contributed by atoms with E-state index in [0.29, 0.717) is 22.2 Å². The van der Waals surface area contributed by atoms with Gasteiger partial charge in [-0.05, 0) is 48.9 Å². The average molecular weight is 429 g/mol. The van der Waals surface area contributed by atoms with Gasteiger partial charge in [0.2, 0.25) is 5.91 Å². The van der Waals surface area contributed by atoms with E-state index in [1.165, 1.54) is 13.2 Å². The van der Waals surface area contributed by atoms with Gasteiger partial charge in [0.1, 0.15) is 23.9 Å². The number of halogens is 1. The fourth-order valence-electron chi connectivity index (χ4n) is 2.66. The minimum atomic E-state index is -0.509. The molecule has 7 nitrogen and oxygen atoms in total. The Hall–Kier alpha value is -3.45. The third kappa shape index (κ3) is 5.55. The van der Waals surface area contributed by atoms with Crippen LogP contribution in [0.2, 0.25) is 5.02 Å². The van der Waals surface area contributed by atoms with E-state index in [2.05, 4.69) is 10.6 Å². The van der Waals surface area contributed by atoms with E-state index in [1.807, 2.05) is 31.2 Å². The molecule has 2 N–H and O–H groups in total. The molecule has 0 bridgehead atoms. The Kier molecular flexibility index (Phi) is 6.98. The van der Waals surface area contributed by atoms with Gasteiger partial charge in [-0.15, -0.1) is 0 Å². The van der Waals surface area contributed by atoms with E-state index in [0.717, 1.165) is 11.3 Å². The van der Waals surface area contributed by atoms with Crippen molar-refractivity contribution in [2.24, 2.45) is 0 Å². The van der Waals surface area contributed by atoms with Gasteiger partial charge in [-0.2, -0.15) is 0 Å². The normalized spacial score (nSPS) is 10.4. The van der Waals surface area contributed by atoms with Crippen molar-refractivity contribution >= 4 is 29.1 Å². The number of carbonyl (C=O) groups is 2. The van der Waals surface area contributed by atoms with Crippen LogP contribution in [0.5, 0.6) is 11.5 Å². The van der Waals surface area contributed by atoms with Gasteiger partial charge in [0.25, 0.3) is 5.91 Å². The number of hydrogen-bond donors (Lipinski definition) is 2. The lowest BCUT2D eigenvalue weighted by Gasteiger charge is -2.10. The van der Waals surface area contributed by atoms with Crippen LogP contribution in [0.3, 0.4) is 0 Å². The summed E-state index contributed by atoms with van der Waals surface area (Å²) in [6.45, 7) is 1.89. The third-order valence-electron chi connectivity index (χ3n) is 4.19. The molecule has 0 atom stereocenters. The van der Waals surface area contributed by atoms with Crippen molar-refractivity contribution in [3.8, 4) is 11.5 Å². The van der Waals surface area contributed by atoms with E-state index in [-0.39, 0.29) is 18.9 Å². The average Bonchev–Trinajstić information content (AvgIpc) is 3.21. The van der Waals surface area contributed by atoms with E-state index >= 15 is 0 Å². The number of carbonyl (C=O) groups excluding carboxylic acids is 2. The smallest absolute Gasteiger partial charge is 0.287 e. The van der Waals surface area contributed by atoms with Gasteiger partial charge >= 0.3 is 0 Å². The first-order valence-corrected chi connectivity index (χ1v) is 9.53. The number of nitrogens with one attached hydrogen (secondary N) is 2. The summed E-state index contributed by atoms with van der Waals surface area (Å²) >= 11 is 5.94. The topological polar surface area (TPSA) is 89.8 Å². The number of rotatable bonds is 8. The number of hydrogen-bond acceptors (Lipinski definition) is 5. The van der Waals surface area contributed by atoms with Crippen LogP contribution in [0.1, 0.15) is 21.9 Å². The Morgan fingerprint density at radius 2 is 1.87 bits per heavy atom. The fraction of sp³-hybridized carbons (Fsp3) is 0.182. The van der Waals surface area contributed by atoms with Crippen LogP contribution in [0.25, 0.3) is 0 Å². The number of ether oxygens (including phenoxy) is 2. The molecule has 0 aliphatic heterocycles. The highest BCUT2D eigenvalue weighted by atomic mass is 35.5. The lowest BCUT2D eigenvalue weighted by atomic mass is 10.2. The molecule has 2 amide bonds. The van der Waals surface area contributed by atoms with Crippen molar-refractivity contribution in [1.29, 1.82) is 0 Å². The first kappa shape index (κ1) is 21.3. The second-order valence-corrected chi connectivity index (χ2v) is 6.83. The van der Waals surface area contributed by atoms with E-state index in [4.69, 9.17) is 25.5 Å². The monoisotopic (exact) mass is 428 g/mol. The van der Waals surface area contributed by atoms with Gasteiger partial charge in [-0.25, -0.2) is 0 Å². The highest BCUT2D eigenvalue weighted by Crippen LogP contribution is 2.27. The predicted octanol–water partition coefficient (Wildman–Crippen LogP) is 4.20. The van der Waals surface area contributed by atoms with Crippen molar-refractivity contribution in [3.63, 3.8) is 0 Å². The lowest BCUT2D eigenvalue weighted by Crippen LogP contribution is -2.32. The third-order valence-corrected chi connectivity index (χ3v) is 4.43. The number of aryl methyl sites for hydroxylation is 1. The molecule has 0 unspecified atom stereocenters. The van der Waals surface area contributed by atoms with Crippen LogP contribution in [-0.2, 0) is 11.4 Å². The van der Waals surface area contributed by atoms with Crippen LogP contribution in [-0.4, -0.2) is 25.5 Å². The molecule has 0 fully saturated rings. The molecule has 30 heavy (non-hydrogen) atoms. The Bertz CT molecular complexity index is 1050. The maximum atomic E-state index is 12.2. The summed E-state index contributed by atoms with van der Waals surface area (Å²) in [5.74, 6) is 0.850. The lowest BCUT2D eigenvalue weighted by molar-refractivity contribution is -0.115. The molecular weight excluding hydrogens is 408 g/mol. The summed E-state index contributed by atoms with van der Waals surface area (Å²) in [5, 5.41) is 5.60. The molecule has 3 rings (SSSR count). The SMILES string of the molecule is COc1ccc(Cl)cc1NC(=O)CNC(=O)c1ccc(COc2ccccc2C)o1. The van der Waals surface area contributed by atoms with E-state index in [9.17, 15) is 9.59 Å². The Morgan fingerprint density at radius 3 is 2.63 bits per heavy atom. The minimum Gasteiger partial charge on any atom is -0.495 e.